The Kier molecular flexibility index (Phi) is 7.49. The first-order chi connectivity index (χ1) is 12.3. The number of carbonyl (C=O) groups is 2. The van der Waals surface area contributed by atoms with Crippen LogP contribution in [0.25, 0.3) is 0 Å². The number of carbonyl (C=O) groups excluding carboxylic acids is 2. The van der Waals surface area contributed by atoms with Crippen molar-refractivity contribution in [3.05, 3.63) is 11.9 Å². The minimum atomic E-state index is -4.57. The molecule has 1 atom stereocenters. The van der Waals surface area contributed by atoms with E-state index in [1.807, 2.05) is 0 Å². The van der Waals surface area contributed by atoms with Crippen molar-refractivity contribution < 1.29 is 37.0 Å². The van der Waals surface area contributed by atoms with Crippen molar-refractivity contribution in [2.75, 3.05) is 13.2 Å². The van der Waals surface area contributed by atoms with Gasteiger partial charge in [0.2, 0.25) is 5.69 Å². The maximum Gasteiger partial charge on any atom is 0.422 e. The Hall–Kier alpha value is -2.46. The van der Waals surface area contributed by atoms with Gasteiger partial charge in [-0.05, 0) is 34.6 Å². The molecule has 0 fully saturated rings. The fraction of sp³-hybridized carbons (Fsp3) is 0.688. The largest absolute Gasteiger partial charge is 0.480 e. The van der Waals surface area contributed by atoms with Gasteiger partial charge >= 0.3 is 18.2 Å². The first-order valence-corrected chi connectivity index (χ1v) is 8.24. The standard InChI is InChI=1S/C16H24F3N3O5/c1-6-25-13(23)12-11(26-9-16(17,18)19)8-22(21-12)7-10(2)20-14(24)27-15(3,4)5/h8,10H,6-7,9H2,1-5H3,(H,20,24). The SMILES string of the molecule is CCOC(=O)c1nn(CC(C)NC(=O)OC(C)(C)C)cc1OCC(F)(F)F. The predicted octanol–water partition coefficient (Wildman–Crippen LogP) is 2.91. The Labute approximate surface area is 154 Å². The van der Waals surface area contributed by atoms with Crippen molar-refractivity contribution >= 4 is 12.1 Å². The number of hydrogen-bond acceptors (Lipinski definition) is 6. The van der Waals surface area contributed by atoms with Crippen LogP contribution in [0, 0.1) is 0 Å². The summed E-state index contributed by atoms with van der Waals surface area (Å²) in [6, 6.07) is -0.481. The monoisotopic (exact) mass is 395 g/mol. The number of nitrogens with one attached hydrogen (secondary N) is 1. The molecule has 1 aromatic heterocycles. The summed E-state index contributed by atoms with van der Waals surface area (Å²) in [5, 5.41) is 6.47. The first kappa shape index (κ1) is 22.6. The predicted molar refractivity (Wildman–Crippen MR) is 88.6 cm³/mol. The van der Waals surface area contributed by atoms with Gasteiger partial charge in [-0.25, -0.2) is 9.59 Å². The van der Waals surface area contributed by atoms with Crippen molar-refractivity contribution in [1.29, 1.82) is 0 Å². The molecule has 11 heteroatoms. The molecule has 1 heterocycles. The zero-order valence-corrected chi connectivity index (χ0v) is 15.8. The number of hydrogen-bond donors (Lipinski definition) is 1. The van der Waals surface area contributed by atoms with Crippen LogP contribution >= 0.6 is 0 Å². The van der Waals surface area contributed by atoms with E-state index >= 15 is 0 Å². The highest BCUT2D eigenvalue weighted by molar-refractivity contribution is 5.90. The number of aromatic nitrogens is 2. The zero-order chi connectivity index (χ0) is 20.8. The number of nitrogens with zero attached hydrogens (tertiary/aromatic N) is 2. The van der Waals surface area contributed by atoms with Gasteiger partial charge in [-0.15, -0.1) is 0 Å². The second-order valence-corrected chi connectivity index (χ2v) is 6.74. The van der Waals surface area contributed by atoms with E-state index < -0.39 is 36.5 Å². The summed E-state index contributed by atoms with van der Waals surface area (Å²) in [7, 11) is 0. The quantitative estimate of drug-likeness (QED) is 0.714. The van der Waals surface area contributed by atoms with Crippen LogP contribution in [0.2, 0.25) is 0 Å². The Balaban J connectivity index is 2.84. The third-order valence-electron chi connectivity index (χ3n) is 2.81. The van der Waals surface area contributed by atoms with Gasteiger partial charge in [-0.1, -0.05) is 0 Å². The van der Waals surface area contributed by atoms with Gasteiger partial charge < -0.3 is 19.5 Å². The maximum atomic E-state index is 12.4. The van der Waals surface area contributed by atoms with Crippen LogP contribution in [-0.4, -0.2) is 52.9 Å². The van der Waals surface area contributed by atoms with Crippen molar-refractivity contribution in [1.82, 2.24) is 15.1 Å². The average molecular weight is 395 g/mol. The zero-order valence-electron chi connectivity index (χ0n) is 15.8. The number of rotatable bonds is 7. The molecule has 154 valence electrons. The van der Waals surface area contributed by atoms with E-state index in [0.717, 1.165) is 6.20 Å². The van der Waals surface area contributed by atoms with Crippen LogP contribution < -0.4 is 10.1 Å². The molecule has 0 aromatic carbocycles. The molecule has 0 spiro atoms. The fourth-order valence-electron chi connectivity index (χ4n) is 1.94. The van der Waals surface area contributed by atoms with E-state index in [0.29, 0.717) is 0 Å². The molecule has 0 bridgehead atoms. The summed E-state index contributed by atoms with van der Waals surface area (Å²) < 4.78 is 52.9. The smallest absolute Gasteiger partial charge is 0.422 e. The minimum absolute atomic E-state index is 0.0288. The lowest BCUT2D eigenvalue weighted by atomic mass is 10.2. The van der Waals surface area contributed by atoms with Crippen molar-refractivity contribution in [2.24, 2.45) is 0 Å². The molecule has 8 nitrogen and oxygen atoms in total. The number of alkyl carbamates (subject to hydrolysis) is 1. The van der Waals surface area contributed by atoms with Crippen molar-refractivity contribution in [3.8, 4) is 5.75 Å². The number of ether oxygens (including phenoxy) is 3. The summed E-state index contributed by atoms with van der Waals surface area (Å²) in [4.78, 5) is 23.6. The van der Waals surface area contributed by atoms with E-state index in [1.54, 1.807) is 34.6 Å². The molecule has 0 radical (unpaired) electrons. The maximum absolute atomic E-state index is 12.4. The Morgan fingerprint density at radius 3 is 2.44 bits per heavy atom. The molecule has 1 rings (SSSR count). The lowest BCUT2D eigenvalue weighted by Crippen LogP contribution is -2.39. The number of esters is 1. The van der Waals surface area contributed by atoms with Crippen LogP contribution in [0.4, 0.5) is 18.0 Å². The van der Waals surface area contributed by atoms with Gasteiger partial charge in [0.1, 0.15) is 5.60 Å². The molecular formula is C16H24F3N3O5. The summed E-state index contributed by atoms with van der Waals surface area (Å²) in [6.07, 6.45) is -4.08. The highest BCUT2D eigenvalue weighted by Gasteiger charge is 2.30. The highest BCUT2D eigenvalue weighted by Crippen LogP contribution is 2.22. The third-order valence-corrected chi connectivity index (χ3v) is 2.81. The molecule has 0 saturated heterocycles. The van der Waals surface area contributed by atoms with Crippen LogP contribution in [0.5, 0.6) is 5.75 Å². The topological polar surface area (TPSA) is 91.7 Å². The summed E-state index contributed by atoms with van der Waals surface area (Å²) in [5.41, 5.74) is -1.05. The highest BCUT2D eigenvalue weighted by atomic mass is 19.4. The Morgan fingerprint density at radius 1 is 1.30 bits per heavy atom. The van der Waals surface area contributed by atoms with Crippen LogP contribution in [0.1, 0.15) is 45.1 Å². The molecule has 1 aromatic rings. The van der Waals surface area contributed by atoms with E-state index in [1.165, 1.54) is 4.68 Å². The molecule has 1 N–H and O–H groups in total. The number of amides is 1. The molecule has 0 aliphatic carbocycles. The van der Waals surface area contributed by atoms with Gasteiger partial charge in [0.05, 0.1) is 19.3 Å². The van der Waals surface area contributed by atoms with Crippen LogP contribution in [-0.2, 0) is 16.0 Å². The molecule has 0 saturated carbocycles. The van der Waals surface area contributed by atoms with Crippen molar-refractivity contribution in [3.63, 3.8) is 0 Å². The van der Waals surface area contributed by atoms with E-state index in [-0.39, 0.29) is 24.6 Å². The molecule has 1 amide bonds. The Morgan fingerprint density at radius 2 is 1.93 bits per heavy atom. The number of halogens is 3. The molecule has 0 aliphatic heterocycles. The third kappa shape index (κ3) is 8.65. The normalized spacial score (nSPS) is 13.0. The minimum Gasteiger partial charge on any atom is -0.480 e. The van der Waals surface area contributed by atoms with Gasteiger partial charge in [0.15, 0.2) is 12.4 Å². The summed E-state index contributed by atoms with van der Waals surface area (Å²) >= 11 is 0. The van der Waals surface area contributed by atoms with E-state index in [2.05, 4.69) is 15.2 Å². The summed E-state index contributed by atoms with van der Waals surface area (Å²) in [6.45, 7) is 6.85. The lowest BCUT2D eigenvalue weighted by molar-refractivity contribution is -0.153. The van der Waals surface area contributed by atoms with Crippen LogP contribution in [0.3, 0.4) is 0 Å². The lowest BCUT2D eigenvalue weighted by Gasteiger charge is -2.21. The van der Waals surface area contributed by atoms with Crippen LogP contribution in [0.15, 0.2) is 6.20 Å². The fourth-order valence-corrected chi connectivity index (χ4v) is 1.94. The molecule has 1 unspecified atom stereocenters. The second kappa shape index (κ2) is 8.96. The van der Waals surface area contributed by atoms with E-state index in [9.17, 15) is 22.8 Å². The molecular weight excluding hydrogens is 371 g/mol. The van der Waals surface area contributed by atoms with Gasteiger partial charge in [0.25, 0.3) is 0 Å². The number of alkyl halides is 3. The van der Waals surface area contributed by atoms with Gasteiger partial charge in [-0.3, -0.25) is 4.68 Å². The Bertz CT molecular complexity index is 653. The van der Waals surface area contributed by atoms with Gasteiger partial charge in [0, 0.05) is 6.04 Å². The second-order valence-electron chi connectivity index (χ2n) is 6.74. The molecule has 27 heavy (non-hydrogen) atoms. The average Bonchev–Trinajstić information content (AvgIpc) is 2.85. The van der Waals surface area contributed by atoms with E-state index in [4.69, 9.17) is 9.47 Å². The van der Waals surface area contributed by atoms with Crippen molar-refractivity contribution in [2.45, 2.75) is 59.0 Å². The molecule has 0 aliphatic rings. The van der Waals surface area contributed by atoms with Gasteiger partial charge in [-0.2, -0.15) is 18.3 Å². The first-order valence-electron chi connectivity index (χ1n) is 8.24. The summed E-state index contributed by atoms with van der Waals surface area (Å²) in [5.74, 6) is -1.25.